The van der Waals surface area contributed by atoms with E-state index in [0.29, 0.717) is 6.54 Å². The summed E-state index contributed by atoms with van der Waals surface area (Å²) in [6.45, 7) is 2.28. The molecular formula is C14H21N3O3S. The number of likely N-dealkylation sites (tertiary alicyclic amines) is 1. The van der Waals surface area contributed by atoms with Crippen LogP contribution in [0.25, 0.3) is 0 Å². The van der Waals surface area contributed by atoms with E-state index in [-0.39, 0.29) is 17.4 Å². The van der Waals surface area contributed by atoms with Crippen LogP contribution < -0.4 is 10.5 Å². The third-order valence-corrected chi connectivity index (χ3v) is 4.98. The molecule has 1 aliphatic heterocycles. The SMILES string of the molecule is NC1CCN(CCC(=O)NS(=O)(=O)c2ccccc2)CC1. The van der Waals surface area contributed by atoms with Gasteiger partial charge in [-0.15, -0.1) is 0 Å². The maximum atomic E-state index is 12.0. The fourth-order valence-electron chi connectivity index (χ4n) is 2.30. The van der Waals surface area contributed by atoms with Crippen LogP contribution >= 0.6 is 0 Å². The van der Waals surface area contributed by atoms with Gasteiger partial charge in [0.05, 0.1) is 4.90 Å². The summed E-state index contributed by atoms with van der Waals surface area (Å²) in [5, 5.41) is 0. The summed E-state index contributed by atoms with van der Waals surface area (Å²) in [5.41, 5.74) is 5.82. The number of nitrogens with two attached hydrogens (primary N) is 1. The third-order valence-electron chi connectivity index (χ3n) is 3.59. The van der Waals surface area contributed by atoms with Crippen molar-refractivity contribution in [1.29, 1.82) is 0 Å². The van der Waals surface area contributed by atoms with E-state index in [9.17, 15) is 13.2 Å². The number of piperidine rings is 1. The van der Waals surface area contributed by atoms with Crippen LogP contribution in [0.4, 0.5) is 0 Å². The zero-order valence-electron chi connectivity index (χ0n) is 11.9. The number of hydrogen-bond donors (Lipinski definition) is 2. The predicted molar refractivity (Wildman–Crippen MR) is 80.0 cm³/mol. The second kappa shape index (κ2) is 7.02. The second-order valence-electron chi connectivity index (χ2n) is 5.27. The van der Waals surface area contributed by atoms with Crippen molar-refractivity contribution in [2.45, 2.75) is 30.2 Å². The summed E-state index contributed by atoms with van der Waals surface area (Å²) in [4.78, 5) is 14.0. The number of carbonyl (C=O) groups excluding carboxylic acids is 1. The molecule has 1 fully saturated rings. The molecule has 0 saturated carbocycles. The number of amides is 1. The molecule has 1 heterocycles. The van der Waals surface area contributed by atoms with Crippen LogP contribution in [0, 0.1) is 0 Å². The van der Waals surface area contributed by atoms with Gasteiger partial charge in [-0.05, 0) is 38.1 Å². The van der Waals surface area contributed by atoms with Gasteiger partial charge in [0.2, 0.25) is 5.91 Å². The first-order valence-electron chi connectivity index (χ1n) is 7.06. The van der Waals surface area contributed by atoms with Gasteiger partial charge in [0.25, 0.3) is 10.0 Å². The van der Waals surface area contributed by atoms with Gasteiger partial charge in [0, 0.05) is 19.0 Å². The molecular weight excluding hydrogens is 290 g/mol. The zero-order valence-corrected chi connectivity index (χ0v) is 12.7. The minimum absolute atomic E-state index is 0.0993. The van der Waals surface area contributed by atoms with Crippen LogP contribution in [0.15, 0.2) is 35.2 Å². The smallest absolute Gasteiger partial charge is 0.264 e. The Labute approximate surface area is 125 Å². The fraction of sp³-hybridized carbons (Fsp3) is 0.500. The van der Waals surface area contributed by atoms with Crippen LogP contribution in [0.5, 0.6) is 0 Å². The number of hydrogen-bond acceptors (Lipinski definition) is 5. The normalized spacial score (nSPS) is 17.6. The molecule has 116 valence electrons. The molecule has 0 unspecified atom stereocenters. The maximum Gasteiger partial charge on any atom is 0.264 e. The first kappa shape index (κ1) is 15.9. The Kier molecular flexibility index (Phi) is 5.33. The molecule has 0 aliphatic carbocycles. The van der Waals surface area contributed by atoms with Crippen molar-refractivity contribution in [1.82, 2.24) is 9.62 Å². The molecule has 6 nitrogen and oxygen atoms in total. The lowest BCUT2D eigenvalue weighted by atomic mass is 10.1. The Morgan fingerprint density at radius 3 is 2.48 bits per heavy atom. The van der Waals surface area contributed by atoms with Crippen molar-refractivity contribution in [3.8, 4) is 0 Å². The average molecular weight is 311 g/mol. The Morgan fingerprint density at radius 1 is 1.24 bits per heavy atom. The molecule has 1 aliphatic rings. The van der Waals surface area contributed by atoms with Gasteiger partial charge < -0.3 is 10.6 Å². The summed E-state index contributed by atoms with van der Waals surface area (Å²) in [7, 11) is -3.76. The van der Waals surface area contributed by atoms with Gasteiger partial charge in [-0.25, -0.2) is 13.1 Å². The number of nitrogens with zero attached hydrogens (tertiary/aromatic N) is 1. The van der Waals surface area contributed by atoms with E-state index >= 15 is 0 Å². The fourth-order valence-corrected chi connectivity index (χ4v) is 3.33. The molecule has 1 aromatic rings. The van der Waals surface area contributed by atoms with Crippen molar-refractivity contribution < 1.29 is 13.2 Å². The van der Waals surface area contributed by atoms with Crippen molar-refractivity contribution in [2.75, 3.05) is 19.6 Å². The highest BCUT2D eigenvalue weighted by atomic mass is 32.2. The lowest BCUT2D eigenvalue weighted by Crippen LogP contribution is -2.41. The molecule has 0 spiro atoms. The minimum Gasteiger partial charge on any atom is -0.328 e. The van der Waals surface area contributed by atoms with E-state index in [2.05, 4.69) is 9.62 Å². The molecule has 1 aromatic carbocycles. The van der Waals surface area contributed by atoms with E-state index in [4.69, 9.17) is 5.73 Å². The Morgan fingerprint density at radius 2 is 1.86 bits per heavy atom. The van der Waals surface area contributed by atoms with E-state index in [1.165, 1.54) is 12.1 Å². The number of nitrogens with one attached hydrogen (secondary N) is 1. The quantitative estimate of drug-likeness (QED) is 0.816. The highest BCUT2D eigenvalue weighted by Gasteiger charge is 2.19. The molecule has 1 saturated heterocycles. The van der Waals surface area contributed by atoms with Crippen LogP contribution in [-0.2, 0) is 14.8 Å². The second-order valence-corrected chi connectivity index (χ2v) is 6.95. The van der Waals surface area contributed by atoms with Crippen molar-refractivity contribution in [2.24, 2.45) is 5.73 Å². The molecule has 7 heteroatoms. The van der Waals surface area contributed by atoms with Crippen LogP contribution in [-0.4, -0.2) is 44.9 Å². The largest absolute Gasteiger partial charge is 0.328 e. The Balaban J connectivity index is 1.82. The van der Waals surface area contributed by atoms with Gasteiger partial charge >= 0.3 is 0 Å². The lowest BCUT2D eigenvalue weighted by molar-refractivity contribution is -0.119. The Hall–Kier alpha value is -1.44. The zero-order chi connectivity index (χ0) is 15.3. The van der Waals surface area contributed by atoms with E-state index in [1.807, 2.05) is 0 Å². The van der Waals surface area contributed by atoms with Crippen LogP contribution in [0.3, 0.4) is 0 Å². The first-order chi connectivity index (χ1) is 9.97. The molecule has 21 heavy (non-hydrogen) atoms. The first-order valence-corrected chi connectivity index (χ1v) is 8.54. The van der Waals surface area contributed by atoms with Gasteiger partial charge in [-0.1, -0.05) is 18.2 Å². The summed E-state index contributed by atoms with van der Waals surface area (Å²) >= 11 is 0. The standard InChI is InChI=1S/C14H21N3O3S/c15-12-6-9-17(10-7-12)11-8-14(18)16-21(19,20)13-4-2-1-3-5-13/h1-5,12H,6-11,15H2,(H,16,18). The molecule has 0 aromatic heterocycles. The van der Waals surface area contributed by atoms with Crippen molar-refractivity contribution in [3.63, 3.8) is 0 Å². The number of rotatable bonds is 5. The van der Waals surface area contributed by atoms with Gasteiger partial charge in [0.15, 0.2) is 0 Å². The van der Waals surface area contributed by atoms with Crippen molar-refractivity contribution >= 4 is 15.9 Å². The van der Waals surface area contributed by atoms with Crippen molar-refractivity contribution in [3.05, 3.63) is 30.3 Å². The van der Waals surface area contributed by atoms with Crippen LogP contribution in [0.2, 0.25) is 0 Å². The molecule has 1 amide bonds. The monoisotopic (exact) mass is 311 g/mol. The minimum atomic E-state index is -3.76. The highest BCUT2D eigenvalue weighted by molar-refractivity contribution is 7.90. The maximum absolute atomic E-state index is 12.0. The molecule has 2 rings (SSSR count). The molecule has 0 radical (unpaired) electrons. The lowest BCUT2D eigenvalue weighted by Gasteiger charge is -2.29. The molecule has 0 bridgehead atoms. The summed E-state index contributed by atoms with van der Waals surface area (Å²) < 4.78 is 26.1. The van der Waals surface area contributed by atoms with E-state index in [0.717, 1.165) is 25.9 Å². The highest BCUT2D eigenvalue weighted by Crippen LogP contribution is 2.09. The topological polar surface area (TPSA) is 92.5 Å². The van der Waals surface area contributed by atoms with E-state index < -0.39 is 15.9 Å². The number of sulfonamides is 1. The number of benzene rings is 1. The summed E-state index contributed by atoms with van der Waals surface area (Å²) in [6, 6.07) is 8.13. The molecule has 3 N–H and O–H groups in total. The van der Waals surface area contributed by atoms with Gasteiger partial charge in [-0.2, -0.15) is 0 Å². The van der Waals surface area contributed by atoms with Gasteiger partial charge in [-0.3, -0.25) is 4.79 Å². The summed E-state index contributed by atoms with van der Waals surface area (Å²) in [6.07, 6.45) is 2.01. The van der Waals surface area contributed by atoms with Gasteiger partial charge in [0.1, 0.15) is 0 Å². The molecule has 0 atom stereocenters. The summed E-state index contributed by atoms with van der Waals surface area (Å²) in [5.74, 6) is -0.478. The van der Waals surface area contributed by atoms with Crippen LogP contribution in [0.1, 0.15) is 19.3 Å². The number of carbonyl (C=O) groups is 1. The third kappa shape index (κ3) is 4.80. The van der Waals surface area contributed by atoms with E-state index in [1.54, 1.807) is 18.2 Å². The average Bonchev–Trinajstić information content (AvgIpc) is 2.47. The Bertz CT molecular complexity index is 566. The predicted octanol–water partition coefficient (Wildman–Crippen LogP) is 0.305.